The molecule has 4 aromatic rings. The molecule has 0 radical (unpaired) electrons. The van der Waals surface area contributed by atoms with Crippen LogP contribution in [0.25, 0.3) is 16.6 Å². The zero-order valence-corrected chi connectivity index (χ0v) is 19.8. The highest BCUT2D eigenvalue weighted by Crippen LogP contribution is 2.26. The van der Waals surface area contributed by atoms with E-state index in [2.05, 4.69) is 10.3 Å². The Balaban J connectivity index is 1.58. The Morgan fingerprint density at radius 1 is 1.12 bits per heavy atom. The number of nitrogens with one attached hydrogen (secondary N) is 2. The van der Waals surface area contributed by atoms with Crippen molar-refractivity contribution in [2.75, 3.05) is 12.4 Å². The lowest BCUT2D eigenvalue weighted by Gasteiger charge is -2.12. The first-order valence-corrected chi connectivity index (χ1v) is 12.2. The molecule has 0 saturated carbocycles. The summed E-state index contributed by atoms with van der Waals surface area (Å²) in [4.78, 5) is 29.4. The molecule has 2 aromatic heterocycles. The minimum Gasteiger partial charge on any atom is -0.497 e. The second kappa shape index (κ2) is 9.02. The summed E-state index contributed by atoms with van der Waals surface area (Å²) >= 11 is 12.9. The molecule has 33 heavy (non-hydrogen) atoms. The fourth-order valence-electron chi connectivity index (χ4n) is 2.95. The second-order valence-corrected chi connectivity index (χ2v) is 10.6. The van der Waals surface area contributed by atoms with E-state index in [1.807, 2.05) is 4.72 Å². The summed E-state index contributed by atoms with van der Waals surface area (Å²) in [6.45, 7) is 0. The molecule has 2 aromatic carbocycles. The second-order valence-electron chi connectivity index (χ2n) is 6.59. The highest BCUT2D eigenvalue weighted by atomic mass is 35.5. The average molecular weight is 525 g/mol. The third-order valence-electron chi connectivity index (χ3n) is 4.47. The summed E-state index contributed by atoms with van der Waals surface area (Å²) in [5, 5.41) is 2.86. The zero-order chi connectivity index (χ0) is 23.8. The molecule has 0 spiro atoms. The quantitative estimate of drug-likeness (QED) is 0.402. The molecular weight excluding hydrogens is 511 g/mol. The number of carbonyl (C=O) groups excluding carboxylic acids is 1. The zero-order valence-electron chi connectivity index (χ0n) is 16.7. The standard InChI is InChI=1S/C20H14Cl2N4O5S2/c1-31-12-3-4-15-13(9-12)19(27)26(10-23-15)16-5-2-11(8-14(16)21)24-20(28)25-33(29,30)18-7-6-17(22)32-18/h2-10H,1H3,(H2,24,25,28). The highest BCUT2D eigenvalue weighted by Gasteiger charge is 2.20. The van der Waals surface area contributed by atoms with E-state index in [0.29, 0.717) is 22.3 Å². The summed E-state index contributed by atoms with van der Waals surface area (Å²) < 4.78 is 33.0. The number of carbonyl (C=O) groups is 1. The molecule has 0 aliphatic carbocycles. The lowest BCUT2D eigenvalue weighted by Crippen LogP contribution is -2.33. The van der Waals surface area contributed by atoms with Crippen molar-refractivity contribution in [1.29, 1.82) is 0 Å². The van der Waals surface area contributed by atoms with Crippen molar-refractivity contribution in [2.45, 2.75) is 4.21 Å². The van der Waals surface area contributed by atoms with E-state index in [0.717, 1.165) is 11.3 Å². The molecule has 2 N–H and O–H groups in total. The Kier molecular flexibility index (Phi) is 6.30. The van der Waals surface area contributed by atoms with Crippen LogP contribution in [0.15, 0.2) is 63.9 Å². The fraction of sp³-hybridized carbons (Fsp3) is 0.0500. The Morgan fingerprint density at radius 3 is 2.58 bits per heavy atom. The minimum absolute atomic E-state index is 0.101. The van der Waals surface area contributed by atoms with Crippen LogP contribution >= 0.6 is 34.5 Å². The van der Waals surface area contributed by atoms with E-state index < -0.39 is 16.1 Å². The number of methoxy groups -OCH3 is 1. The summed E-state index contributed by atoms with van der Waals surface area (Å²) in [6.07, 6.45) is 1.34. The van der Waals surface area contributed by atoms with Crippen LogP contribution in [0.3, 0.4) is 0 Å². The van der Waals surface area contributed by atoms with Gasteiger partial charge in [-0.3, -0.25) is 9.36 Å². The van der Waals surface area contributed by atoms with Crippen LogP contribution in [-0.2, 0) is 10.0 Å². The van der Waals surface area contributed by atoms with Gasteiger partial charge in [0, 0.05) is 5.69 Å². The normalized spacial score (nSPS) is 11.4. The number of nitrogens with zero attached hydrogens (tertiary/aromatic N) is 2. The summed E-state index contributed by atoms with van der Waals surface area (Å²) in [5.41, 5.74) is 0.672. The molecule has 0 bridgehead atoms. The number of rotatable bonds is 5. The molecule has 0 fully saturated rings. The number of fused-ring (bicyclic) bond motifs is 1. The Bertz CT molecular complexity index is 1550. The van der Waals surface area contributed by atoms with Crippen LogP contribution in [-0.4, -0.2) is 31.1 Å². The highest BCUT2D eigenvalue weighted by molar-refractivity contribution is 7.92. The first-order chi connectivity index (χ1) is 15.7. The van der Waals surface area contributed by atoms with E-state index in [-0.39, 0.29) is 24.8 Å². The maximum atomic E-state index is 13.0. The van der Waals surface area contributed by atoms with Crippen LogP contribution < -0.4 is 20.3 Å². The maximum absolute atomic E-state index is 13.0. The van der Waals surface area contributed by atoms with Crippen LogP contribution in [0.4, 0.5) is 10.5 Å². The third-order valence-corrected chi connectivity index (χ3v) is 7.83. The molecule has 0 atom stereocenters. The number of thiophene rings is 1. The number of sulfonamides is 1. The molecule has 9 nitrogen and oxygen atoms in total. The van der Waals surface area contributed by atoms with Gasteiger partial charge in [0.05, 0.1) is 33.1 Å². The van der Waals surface area contributed by atoms with Gasteiger partial charge in [0.2, 0.25) is 0 Å². The van der Waals surface area contributed by atoms with E-state index >= 15 is 0 Å². The van der Waals surface area contributed by atoms with E-state index in [1.54, 1.807) is 18.2 Å². The van der Waals surface area contributed by atoms with Gasteiger partial charge in [0.15, 0.2) is 0 Å². The lowest BCUT2D eigenvalue weighted by molar-refractivity contribution is 0.256. The van der Waals surface area contributed by atoms with E-state index in [9.17, 15) is 18.0 Å². The van der Waals surface area contributed by atoms with Crippen LogP contribution in [0, 0.1) is 0 Å². The number of amides is 2. The Hall–Kier alpha value is -3.12. The Labute approximate surface area is 201 Å². The Morgan fingerprint density at radius 2 is 1.91 bits per heavy atom. The molecule has 0 aliphatic rings. The number of urea groups is 1. The smallest absolute Gasteiger partial charge is 0.333 e. The molecular formula is C20H14Cl2N4O5S2. The maximum Gasteiger partial charge on any atom is 0.333 e. The molecule has 4 rings (SSSR count). The number of hydrogen-bond acceptors (Lipinski definition) is 7. The van der Waals surface area contributed by atoms with Crippen LogP contribution in [0.1, 0.15) is 0 Å². The van der Waals surface area contributed by atoms with Gasteiger partial charge in [-0.05, 0) is 48.5 Å². The van der Waals surface area contributed by atoms with Crippen molar-refractivity contribution in [3.05, 3.63) is 74.6 Å². The van der Waals surface area contributed by atoms with Gasteiger partial charge >= 0.3 is 6.03 Å². The molecule has 170 valence electrons. The van der Waals surface area contributed by atoms with Gasteiger partial charge in [0.1, 0.15) is 16.3 Å². The average Bonchev–Trinajstić information content (AvgIpc) is 3.21. The summed E-state index contributed by atoms with van der Waals surface area (Å²) in [7, 11) is -2.58. The van der Waals surface area contributed by atoms with Crippen molar-refractivity contribution in [3.63, 3.8) is 0 Å². The fourth-order valence-corrected chi connectivity index (χ4v) is 5.61. The largest absolute Gasteiger partial charge is 0.497 e. The van der Waals surface area contributed by atoms with E-state index in [1.165, 1.54) is 48.3 Å². The number of hydrogen-bond donors (Lipinski definition) is 2. The number of aromatic nitrogens is 2. The van der Waals surface area contributed by atoms with Gasteiger partial charge in [-0.2, -0.15) is 0 Å². The first kappa shape index (κ1) is 23.1. The van der Waals surface area contributed by atoms with Crippen molar-refractivity contribution < 1.29 is 17.9 Å². The minimum atomic E-state index is -4.08. The summed E-state index contributed by atoms with van der Waals surface area (Å²) in [6, 6.07) is 11.0. The molecule has 0 aliphatic heterocycles. The molecule has 13 heteroatoms. The first-order valence-electron chi connectivity index (χ1n) is 9.12. The number of benzene rings is 2. The summed E-state index contributed by atoms with van der Waals surface area (Å²) in [5.74, 6) is 0.510. The lowest BCUT2D eigenvalue weighted by atomic mass is 10.2. The molecule has 2 amide bonds. The monoisotopic (exact) mass is 524 g/mol. The predicted molar refractivity (Wildman–Crippen MR) is 128 cm³/mol. The number of ether oxygens (including phenoxy) is 1. The van der Waals surface area contributed by atoms with Crippen molar-refractivity contribution >= 4 is 67.2 Å². The molecule has 0 unspecified atom stereocenters. The van der Waals surface area contributed by atoms with E-state index in [4.69, 9.17) is 27.9 Å². The van der Waals surface area contributed by atoms with Gasteiger partial charge in [0.25, 0.3) is 15.6 Å². The van der Waals surface area contributed by atoms with Crippen molar-refractivity contribution in [2.24, 2.45) is 0 Å². The molecule has 0 saturated heterocycles. The third kappa shape index (κ3) is 4.81. The van der Waals surface area contributed by atoms with Crippen LogP contribution in [0.2, 0.25) is 9.36 Å². The number of anilines is 1. The predicted octanol–water partition coefficient (Wildman–Crippen LogP) is 4.27. The van der Waals surface area contributed by atoms with Crippen molar-refractivity contribution in [1.82, 2.24) is 14.3 Å². The van der Waals surface area contributed by atoms with Gasteiger partial charge in [-0.1, -0.05) is 23.2 Å². The van der Waals surface area contributed by atoms with Crippen molar-refractivity contribution in [3.8, 4) is 11.4 Å². The number of halogens is 2. The van der Waals surface area contributed by atoms with Crippen LogP contribution in [0.5, 0.6) is 5.75 Å². The topological polar surface area (TPSA) is 119 Å². The molecule has 2 heterocycles. The SMILES string of the molecule is COc1ccc2ncn(-c3ccc(NC(=O)NS(=O)(=O)c4ccc(Cl)s4)cc3Cl)c(=O)c2c1. The van der Waals surface area contributed by atoms with Gasteiger partial charge in [-0.25, -0.2) is 22.9 Å². The van der Waals surface area contributed by atoms with Gasteiger partial charge < -0.3 is 10.1 Å². The van der Waals surface area contributed by atoms with Gasteiger partial charge in [-0.15, -0.1) is 11.3 Å².